The smallest absolute Gasteiger partial charge is 0.248 e. The van der Waals surface area contributed by atoms with Crippen LogP contribution in [-0.2, 0) is 21.2 Å². The molecule has 0 saturated carbocycles. The minimum Gasteiger partial charge on any atom is -0.307 e. The third-order valence-corrected chi connectivity index (χ3v) is 5.57. The van der Waals surface area contributed by atoms with Crippen LogP contribution < -0.4 is 9.21 Å². The molecule has 0 saturated heterocycles. The fourth-order valence-electron chi connectivity index (χ4n) is 3.23. The van der Waals surface area contributed by atoms with Gasteiger partial charge >= 0.3 is 0 Å². The van der Waals surface area contributed by atoms with Crippen molar-refractivity contribution >= 4 is 27.3 Å². The molecule has 0 bridgehead atoms. The molecule has 1 unspecified atom stereocenters. The van der Waals surface area contributed by atoms with Gasteiger partial charge in [-0.25, -0.2) is 21.6 Å². The van der Waals surface area contributed by atoms with Crippen LogP contribution in [-0.4, -0.2) is 33.2 Å². The number of amides is 1. The number of nitrogens with zero attached hydrogens (tertiary/aromatic N) is 2. The summed E-state index contributed by atoms with van der Waals surface area (Å²) in [5, 5.41) is 0. The van der Waals surface area contributed by atoms with Gasteiger partial charge in [0.2, 0.25) is 15.9 Å². The number of para-hydroxylation sites is 1. The molecular weight excluding hydrogens is 381 g/mol. The predicted molar refractivity (Wildman–Crippen MR) is 95.6 cm³/mol. The lowest BCUT2D eigenvalue weighted by atomic mass is 10.1. The Morgan fingerprint density at radius 3 is 2.48 bits per heavy atom. The molecule has 0 aliphatic carbocycles. The van der Waals surface area contributed by atoms with Crippen LogP contribution in [0.2, 0.25) is 0 Å². The summed E-state index contributed by atoms with van der Waals surface area (Å²) in [6.07, 6.45) is 1.36. The Balaban J connectivity index is 1.98. The molecule has 2 aromatic rings. The number of anilines is 2. The van der Waals surface area contributed by atoms with Gasteiger partial charge < -0.3 is 4.90 Å². The number of hydrogen-bond acceptors (Lipinski definition) is 3. The first-order valence-electron chi connectivity index (χ1n) is 8.12. The highest BCUT2D eigenvalue weighted by molar-refractivity contribution is 7.92. The van der Waals surface area contributed by atoms with Gasteiger partial charge in [-0.05, 0) is 37.1 Å². The van der Waals surface area contributed by atoms with Crippen molar-refractivity contribution in [2.45, 2.75) is 19.4 Å². The van der Waals surface area contributed by atoms with Gasteiger partial charge in [0.1, 0.15) is 6.54 Å². The summed E-state index contributed by atoms with van der Waals surface area (Å²) >= 11 is 0. The second-order valence-electron chi connectivity index (χ2n) is 6.41. The van der Waals surface area contributed by atoms with Crippen LogP contribution in [0.25, 0.3) is 0 Å². The van der Waals surface area contributed by atoms with Crippen molar-refractivity contribution < 1.29 is 26.4 Å². The van der Waals surface area contributed by atoms with E-state index in [4.69, 9.17) is 0 Å². The standard InChI is InChI=1S/C18H17F3N2O3S/c1-11-9-12-5-3-4-6-14(12)23(11)16(24)10-22(27(2,25)26)15-8-7-13(19)17(20)18(15)21/h3-8,11H,9-10H2,1-2H3. The summed E-state index contributed by atoms with van der Waals surface area (Å²) in [5.74, 6) is -5.50. The predicted octanol–water partition coefficient (Wildman–Crippen LogP) is 2.85. The number of fused-ring (bicyclic) bond motifs is 1. The van der Waals surface area contributed by atoms with Crippen LogP contribution >= 0.6 is 0 Å². The Morgan fingerprint density at radius 2 is 1.81 bits per heavy atom. The van der Waals surface area contributed by atoms with Crippen molar-refractivity contribution in [3.05, 3.63) is 59.4 Å². The molecule has 0 radical (unpaired) electrons. The highest BCUT2D eigenvalue weighted by Crippen LogP contribution is 2.33. The molecule has 2 aromatic carbocycles. The van der Waals surface area contributed by atoms with E-state index in [1.54, 1.807) is 19.1 Å². The molecule has 1 aliphatic heterocycles. The van der Waals surface area contributed by atoms with Gasteiger partial charge in [0.15, 0.2) is 17.5 Å². The quantitative estimate of drug-likeness (QED) is 0.745. The lowest BCUT2D eigenvalue weighted by molar-refractivity contribution is -0.117. The van der Waals surface area contributed by atoms with Crippen LogP contribution in [0.1, 0.15) is 12.5 Å². The van der Waals surface area contributed by atoms with E-state index < -0.39 is 45.6 Å². The highest BCUT2D eigenvalue weighted by Gasteiger charge is 2.34. The van der Waals surface area contributed by atoms with E-state index in [0.29, 0.717) is 22.5 Å². The van der Waals surface area contributed by atoms with Crippen molar-refractivity contribution in [2.24, 2.45) is 0 Å². The van der Waals surface area contributed by atoms with Crippen LogP contribution in [0.5, 0.6) is 0 Å². The van der Waals surface area contributed by atoms with Crippen molar-refractivity contribution in [2.75, 3.05) is 22.0 Å². The van der Waals surface area contributed by atoms with Crippen molar-refractivity contribution in [3.63, 3.8) is 0 Å². The maximum Gasteiger partial charge on any atom is 0.248 e. The summed E-state index contributed by atoms with van der Waals surface area (Å²) in [6.45, 7) is 1.07. The SMILES string of the molecule is CC1Cc2ccccc2N1C(=O)CN(c1ccc(F)c(F)c1F)S(C)(=O)=O. The maximum absolute atomic E-state index is 14.1. The van der Waals surface area contributed by atoms with Gasteiger partial charge in [-0.2, -0.15) is 0 Å². The maximum atomic E-state index is 14.1. The van der Waals surface area contributed by atoms with E-state index in [2.05, 4.69) is 0 Å². The molecule has 0 fully saturated rings. The lowest BCUT2D eigenvalue weighted by Crippen LogP contribution is -2.45. The molecule has 9 heteroatoms. The fraction of sp³-hybridized carbons (Fsp3) is 0.278. The highest BCUT2D eigenvalue weighted by atomic mass is 32.2. The molecule has 1 atom stereocenters. The lowest BCUT2D eigenvalue weighted by Gasteiger charge is -2.28. The largest absolute Gasteiger partial charge is 0.307 e. The average molecular weight is 398 g/mol. The molecule has 1 heterocycles. The molecule has 1 amide bonds. The summed E-state index contributed by atoms with van der Waals surface area (Å²) in [4.78, 5) is 14.3. The first-order chi connectivity index (χ1) is 12.6. The molecule has 1 aliphatic rings. The molecule has 0 spiro atoms. The zero-order chi connectivity index (χ0) is 19.9. The van der Waals surface area contributed by atoms with Crippen molar-refractivity contribution in [3.8, 4) is 0 Å². The van der Waals surface area contributed by atoms with Crippen molar-refractivity contribution in [1.82, 2.24) is 0 Å². The van der Waals surface area contributed by atoms with Gasteiger partial charge in [-0.15, -0.1) is 0 Å². The third kappa shape index (κ3) is 3.51. The third-order valence-electron chi connectivity index (χ3n) is 4.44. The molecule has 0 aromatic heterocycles. The summed E-state index contributed by atoms with van der Waals surface area (Å²) in [6, 6.07) is 8.38. The zero-order valence-electron chi connectivity index (χ0n) is 14.6. The van der Waals surface area contributed by atoms with Crippen LogP contribution in [0, 0.1) is 17.5 Å². The molecule has 144 valence electrons. The van der Waals surface area contributed by atoms with Crippen LogP contribution in [0.3, 0.4) is 0 Å². The van der Waals surface area contributed by atoms with Gasteiger partial charge in [-0.1, -0.05) is 18.2 Å². The number of carbonyl (C=O) groups excluding carboxylic acids is 1. The van der Waals surface area contributed by atoms with Gasteiger partial charge in [-0.3, -0.25) is 9.10 Å². The number of halogens is 3. The fourth-order valence-corrected chi connectivity index (χ4v) is 4.08. The summed E-state index contributed by atoms with van der Waals surface area (Å²) in [5.41, 5.74) is 0.863. The molecular formula is C18H17F3N2O3S. The Labute approximate surface area is 155 Å². The van der Waals surface area contributed by atoms with E-state index in [1.807, 2.05) is 12.1 Å². The van der Waals surface area contributed by atoms with Gasteiger partial charge in [0.05, 0.1) is 11.9 Å². The Bertz CT molecular complexity index is 1010. The second-order valence-corrected chi connectivity index (χ2v) is 8.32. The Hall–Kier alpha value is -2.55. The second kappa shape index (κ2) is 6.88. The van der Waals surface area contributed by atoms with E-state index >= 15 is 0 Å². The number of carbonyl (C=O) groups is 1. The Kier molecular flexibility index (Phi) is 4.90. The minimum atomic E-state index is -4.13. The normalized spacial score (nSPS) is 16.3. The van der Waals surface area contributed by atoms with Crippen molar-refractivity contribution in [1.29, 1.82) is 0 Å². The van der Waals surface area contributed by atoms with E-state index in [1.165, 1.54) is 4.90 Å². The topological polar surface area (TPSA) is 57.7 Å². The molecule has 5 nitrogen and oxygen atoms in total. The Morgan fingerprint density at radius 1 is 1.15 bits per heavy atom. The van der Waals surface area contributed by atoms with E-state index in [-0.39, 0.29) is 6.04 Å². The van der Waals surface area contributed by atoms with Crippen LogP contribution in [0.4, 0.5) is 24.5 Å². The number of benzene rings is 2. The van der Waals surface area contributed by atoms with Gasteiger partial charge in [0, 0.05) is 11.7 Å². The minimum absolute atomic E-state index is 0.217. The molecule has 3 rings (SSSR count). The van der Waals surface area contributed by atoms with E-state index in [9.17, 15) is 26.4 Å². The van der Waals surface area contributed by atoms with E-state index in [0.717, 1.165) is 17.9 Å². The monoisotopic (exact) mass is 398 g/mol. The summed E-state index contributed by atoms with van der Waals surface area (Å²) < 4.78 is 65.6. The first-order valence-corrected chi connectivity index (χ1v) is 9.97. The number of rotatable bonds is 4. The molecule has 27 heavy (non-hydrogen) atoms. The number of sulfonamides is 1. The van der Waals surface area contributed by atoms with Gasteiger partial charge in [0.25, 0.3) is 0 Å². The zero-order valence-corrected chi connectivity index (χ0v) is 15.4. The average Bonchev–Trinajstić information content (AvgIpc) is 2.93. The first kappa shape index (κ1) is 19.2. The number of hydrogen-bond donors (Lipinski definition) is 0. The summed E-state index contributed by atoms with van der Waals surface area (Å²) in [7, 11) is -4.13. The molecule has 0 N–H and O–H groups in total. The van der Waals surface area contributed by atoms with Crippen LogP contribution in [0.15, 0.2) is 36.4 Å².